The summed E-state index contributed by atoms with van der Waals surface area (Å²) in [6.07, 6.45) is 1.50. The number of nitrogens with zero attached hydrogens (tertiary/aromatic N) is 3. The molecule has 0 fully saturated rings. The highest BCUT2D eigenvalue weighted by Crippen LogP contribution is 2.17. The summed E-state index contributed by atoms with van der Waals surface area (Å²) in [4.78, 5) is 4.33. The number of hydrogen-bond acceptors (Lipinski definition) is 5. The summed E-state index contributed by atoms with van der Waals surface area (Å²) < 4.78 is 12.9. The molecule has 5 nitrogen and oxygen atoms in total. The Bertz CT molecular complexity index is 773. The molecule has 0 saturated carbocycles. The van der Waals surface area contributed by atoms with Crippen molar-refractivity contribution < 1.29 is 4.39 Å². The van der Waals surface area contributed by atoms with Crippen LogP contribution in [-0.2, 0) is 0 Å². The maximum absolute atomic E-state index is 12.9. The zero-order valence-electron chi connectivity index (χ0n) is 11.9. The van der Waals surface area contributed by atoms with Gasteiger partial charge in [0.05, 0.1) is 6.20 Å². The number of rotatable bonds is 4. The van der Waals surface area contributed by atoms with Gasteiger partial charge in [0.1, 0.15) is 5.82 Å². The zero-order valence-corrected chi connectivity index (χ0v) is 11.9. The van der Waals surface area contributed by atoms with Crippen LogP contribution in [0.4, 0.5) is 27.5 Å². The van der Waals surface area contributed by atoms with Gasteiger partial charge in [0, 0.05) is 11.4 Å². The molecule has 0 amide bonds. The highest BCUT2D eigenvalue weighted by Gasteiger charge is 2.02. The van der Waals surface area contributed by atoms with Gasteiger partial charge in [-0.3, -0.25) is 0 Å². The molecule has 2 N–H and O–H groups in total. The smallest absolute Gasteiger partial charge is 0.249 e. The Labute approximate surface area is 127 Å². The maximum atomic E-state index is 12.9. The first-order valence-corrected chi connectivity index (χ1v) is 6.75. The Kier molecular flexibility index (Phi) is 3.91. The quantitative estimate of drug-likeness (QED) is 0.766. The van der Waals surface area contributed by atoms with E-state index in [0.717, 1.165) is 16.9 Å². The Balaban J connectivity index is 1.76. The number of benzene rings is 2. The number of hydrogen-bond donors (Lipinski definition) is 2. The zero-order chi connectivity index (χ0) is 15.4. The average molecular weight is 295 g/mol. The predicted octanol–water partition coefficient (Wildman–Crippen LogP) is 3.81. The maximum Gasteiger partial charge on any atom is 0.249 e. The van der Waals surface area contributed by atoms with Crippen LogP contribution < -0.4 is 10.6 Å². The molecular weight excluding hydrogens is 281 g/mol. The summed E-state index contributed by atoms with van der Waals surface area (Å²) >= 11 is 0. The van der Waals surface area contributed by atoms with Crippen LogP contribution in [0.1, 0.15) is 5.56 Å². The molecule has 2 aromatic carbocycles. The fraction of sp³-hybridized carbons (Fsp3) is 0.0625. The Morgan fingerprint density at radius 2 is 1.77 bits per heavy atom. The highest BCUT2D eigenvalue weighted by atomic mass is 19.1. The number of nitrogens with one attached hydrogen (secondary N) is 2. The first-order valence-electron chi connectivity index (χ1n) is 6.75. The van der Waals surface area contributed by atoms with Gasteiger partial charge < -0.3 is 10.6 Å². The molecule has 0 aliphatic heterocycles. The second-order valence-electron chi connectivity index (χ2n) is 4.79. The molecule has 0 bridgehead atoms. The van der Waals surface area contributed by atoms with E-state index >= 15 is 0 Å². The minimum Gasteiger partial charge on any atom is -0.339 e. The number of aryl methyl sites for hydroxylation is 1. The second-order valence-corrected chi connectivity index (χ2v) is 4.79. The first-order chi connectivity index (χ1) is 10.7. The van der Waals surface area contributed by atoms with Gasteiger partial charge in [-0.15, -0.1) is 5.10 Å². The van der Waals surface area contributed by atoms with E-state index in [9.17, 15) is 4.39 Å². The molecule has 6 heteroatoms. The summed E-state index contributed by atoms with van der Waals surface area (Å²) in [5.74, 6) is 0.627. The van der Waals surface area contributed by atoms with Crippen molar-refractivity contribution in [1.82, 2.24) is 15.2 Å². The van der Waals surface area contributed by atoms with E-state index in [2.05, 4.69) is 25.8 Å². The number of aromatic nitrogens is 3. The first kappa shape index (κ1) is 13.9. The predicted molar refractivity (Wildman–Crippen MR) is 84.0 cm³/mol. The molecule has 1 heterocycles. The lowest BCUT2D eigenvalue weighted by atomic mass is 10.2. The highest BCUT2D eigenvalue weighted by molar-refractivity contribution is 5.58. The lowest BCUT2D eigenvalue weighted by Gasteiger charge is -2.08. The average Bonchev–Trinajstić information content (AvgIpc) is 2.50. The molecule has 0 aliphatic carbocycles. The molecule has 110 valence electrons. The standard InChI is InChI=1S/C16H14FN5/c1-11-3-2-4-14(9-11)20-16-21-15(10-18-22-16)19-13-7-5-12(17)6-8-13/h2-10H,1H3,(H2,19,20,21,22). The van der Waals surface area contributed by atoms with Crippen LogP contribution in [0.5, 0.6) is 0 Å². The molecule has 0 atom stereocenters. The van der Waals surface area contributed by atoms with Gasteiger partial charge in [0.25, 0.3) is 0 Å². The van der Waals surface area contributed by atoms with Gasteiger partial charge in [0.2, 0.25) is 5.95 Å². The van der Waals surface area contributed by atoms with Crippen molar-refractivity contribution in [3.63, 3.8) is 0 Å². The van der Waals surface area contributed by atoms with Crippen molar-refractivity contribution in [2.75, 3.05) is 10.6 Å². The van der Waals surface area contributed by atoms with Gasteiger partial charge in [-0.25, -0.2) is 4.39 Å². The van der Waals surface area contributed by atoms with E-state index < -0.39 is 0 Å². The van der Waals surface area contributed by atoms with Gasteiger partial charge in [0.15, 0.2) is 5.82 Å². The Morgan fingerprint density at radius 1 is 0.955 bits per heavy atom. The fourth-order valence-electron chi connectivity index (χ4n) is 1.95. The van der Waals surface area contributed by atoms with E-state index in [1.807, 2.05) is 31.2 Å². The minimum atomic E-state index is -0.284. The molecule has 1 aromatic heterocycles. The van der Waals surface area contributed by atoms with Crippen molar-refractivity contribution in [2.24, 2.45) is 0 Å². The van der Waals surface area contributed by atoms with Gasteiger partial charge in [-0.2, -0.15) is 10.1 Å². The van der Waals surface area contributed by atoms with Crippen LogP contribution in [0.2, 0.25) is 0 Å². The molecule has 0 radical (unpaired) electrons. The minimum absolute atomic E-state index is 0.284. The number of halogens is 1. The molecule has 0 spiro atoms. The summed E-state index contributed by atoms with van der Waals surface area (Å²) in [5.41, 5.74) is 2.75. The van der Waals surface area contributed by atoms with E-state index in [1.165, 1.54) is 18.3 Å². The molecule has 22 heavy (non-hydrogen) atoms. The largest absolute Gasteiger partial charge is 0.339 e. The normalized spacial score (nSPS) is 10.3. The molecular formula is C16H14FN5. The number of anilines is 4. The van der Waals surface area contributed by atoms with Crippen molar-refractivity contribution in [3.8, 4) is 0 Å². The molecule has 3 aromatic rings. The van der Waals surface area contributed by atoms with Crippen LogP contribution in [-0.4, -0.2) is 15.2 Å². The Morgan fingerprint density at radius 3 is 2.55 bits per heavy atom. The van der Waals surface area contributed by atoms with Gasteiger partial charge in [-0.1, -0.05) is 12.1 Å². The third-order valence-corrected chi connectivity index (χ3v) is 2.95. The van der Waals surface area contributed by atoms with Crippen molar-refractivity contribution in [3.05, 3.63) is 66.1 Å². The van der Waals surface area contributed by atoms with Crippen LogP contribution >= 0.6 is 0 Å². The van der Waals surface area contributed by atoms with E-state index in [4.69, 9.17) is 0 Å². The topological polar surface area (TPSA) is 62.7 Å². The van der Waals surface area contributed by atoms with Crippen molar-refractivity contribution in [1.29, 1.82) is 0 Å². The fourth-order valence-corrected chi connectivity index (χ4v) is 1.95. The van der Waals surface area contributed by atoms with Crippen LogP contribution in [0.25, 0.3) is 0 Å². The van der Waals surface area contributed by atoms with E-state index in [0.29, 0.717) is 11.8 Å². The summed E-state index contributed by atoms with van der Waals surface area (Å²) in [7, 11) is 0. The molecule has 0 saturated heterocycles. The Hall–Kier alpha value is -3.02. The van der Waals surface area contributed by atoms with Gasteiger partial charge >= 0.3 is 0 Å². The van der Waals surface area contributed by atoms with Crippen molar-refractivity contribution in [2.45, 2.75) is 6.92 Å². The lowest BCUT2D eigenvalue weighted by Crippen LogP contribution is -2.02. The van der Waals surface area contributed by atoms with Crippen molar-refractivity contribution >= 4 is 23.1 Å². The summed E-state index contributed by atoms with van der Waals surface area (Å²) in [6, 6.07) is 13.9. The molecule has 0 aliphatic rings. The van der Waals surface area contributed by atoms with Crippen LogP contribution in [0, 0.1) is 12.7 Å². The monoisotopic (exact) mass is 295 g/mol. The van der Waals surface area contributed by atoms with E-state index in [1.54, 1.807) is 12.1 Å². The molecule has 0 unspecified atom stereocenters. The second kappa shape index (κ2) is 6.17. The third-order valence-electron chi connectivity index (χ3n) is 2.95. The van der Waals surface area contributed by atoms with Crippen LogP contribution in [0.15, 0.2) is 54.7 Å². The van der Waals surface area contributed by atoms with Crippen LogP contribution in [0.3, 0.4) is 0 Å². The van der Waals surface area contributed by atoms with E-state index in [-0.39, 0.29) is 5.82 Å². The SMILES string of the molecule is Cc1cccc(Nc2nncc(Nc3ccc(F)cc3)n2)c1. The lowest BCUT2D eigenvalue weighted by molar-refractivity contribution is 0.628. The summed E-state index contributed by atoms with van der Waals surface area (Å²) in [5, 5.41) is 14.0. The summed E-state index contributed by atoms with van der Waals surface area (Å²) in [6.45, 7) is 2.01. The molecule has 3 rings (SSSR count). The third kappa shape index (κ3) is 3.54. The van der Waals surface area contributed by atoms with Gasteiger partial charge in [-0.05, 0) is 48.9 Å².